The number of carboxylic acid groups (broad SMARTS) is 1. The van der Waals surface area contributed by atoms with Crippen molar-refractivity contribution >= 4 is 17.6 Å². The van der Waals surface area contributed by atoms with Crippen molar-refractivity contribution in [1.82, 2.24) is 9.97 Å². The van der Waals surface area contributed by atoms with Gasteiger partial charge in [0.05, 0.1) is 0 Å². The van der Waals surface area contributed by atoms with Crippen LogP contribution in [0.3, 0.4) is 0 Å². The Bertz CT molecular complexity index is 627. The molecule has 21 heavy (non-hydrogen) atoms. The molecule has 2 aromatic rings. The quantitative estimate of drug-likeness (QED) is 0.825. The van der Waals surface area contributed by atoms with Gasteiger partial charge in [0.1, 0.15) is 0 Å². The zero-order valence-electron chi connectivity index (χ0n) is 11.8. The summed E-state index contributed by atoms with van der Waals surface area (Å²) in [5, 5.41) is 8.98. The van der Waals surface area contributed by atoms with Gasteiger partial charge in [0.2, 0.25) is 5.28 Å². The standard InChI is InChI=1S/C16H17ClN2O2/c1-2-13-11(6-4-8-15(20)21)5-3-7-14(13)12-9-18-16(17)19-10-12/h3,5,7,9-10H,2,4,6,8H2,1H3,(H,20,21). The van der Waals surface area contributed by atoms with Crippen molar-refractivity contribution in [3.8, 4) is 11.1 Å². The maximum absolute atomic E-state index is 10.6. The zero-order valence-corrected chi connectivity index (χ0v) is 12.6. The van der Waals surface area contributed by atoms with Crippen molar-refractivity contribution in [2.75, 3.05) is 0 Å². The third-order valence-electron chi connectivity index (χ3n) is 3.39. The van der Waals surface area contributed by atoms with Gasteiger partial charge in [-0.3, -0.25) is 4.79 Å². The van der Waals surface area contributed by atoms with Gasteiger partial charge >= 0.3 is 5.97 Å². The minimum Gasteiger partial charge on any atom is -0.481 e. The van der Waals surface area contributed by atoms with Gasteiger partial charge in [-0.1, -0.05) is 25.1 Å². The molecule has 0 fully saturated rings. The molecule has 0 spiro atoms. The van der Waals surface area contributed by atoms with Crippen molar-refractivity contribution in [2.45, 2.75) is 32.6 Å². The van der Waals surface area contributed by atoms with Crippen molar-refractivity contribution in [3.63, 3.8) is 0 Å². The number of rotatable bonds is 6. The Morgan fingerprint density at radius 2 is 2.00 bits per heavy atom. The van der Waals surface area contributed by atoms with Gasteiger partial charge in [0, 0.05) is 24.4 Å². The molecule has 0 bridgehead atoms. The number of halogens is 1. The van der Waals surface area contributed by atoms with Crippen LogP contribution in [0.25, 0.3) is 11.1 Å². The van der Waals surface area contributed by atoms with Crippen LogP contribution < -0.4 is 0 Å². The van der Waals surface area contributed by atoms with Crippen LogP contribution in [-0.2, 0) is 17.6 Å². The summed E-state index contributed by atoms with van der Waals surface area (Å²) in [4.78, 5) is 18.7. The first-order chi connectivity index (χ1) is 10.1. The third kappa shape index (κ3) is 4.02. The van der Waals surface area contributed by atoms with Crippen molar-refractivity contribution in [3.05, 3.63) is 47.0 Å². The van der Waals surface area contributed by atoms with E-state index in [2.05, 4.69) is 23.0 Å². The van der Waals surface area contributed by atoms with E-state index in [-0.39, 0.29) is 11.7 Å². The molecule has 0 saturated heterocycles. The lowest BCUT2D eigenvalue weighted by molar-refractivity contribution is -0.137. The molecule has 0 aliphatic carbocycles. The molecule has 1 aromatic heterocycles. The molecule has 110 valence electrons. The topological polar surface area (TPSA) is 63.1 Å². The lowest BCUT2D eigenvalue weighted by Crippen LogP contribution is -2.00. The highest BCUT2D eigenvalue weighted by atomic mass is 35.5. The summed E-state index contributed by atoms with van der Waals surface area (Å²) in [5.74, 6) is -0.754. The number of aryl methyl sites for hydroxylation is 1. The first-order valence-electron chi connectivity index (χ1n) is 6.92. The molecule has 1 aromatic carbocycles. The van der Waals surface area contributed by atoms with Gasteiger partial charge in [-0.2, -0.15) is 0 Å². The number of hydrogen-bond acceptors (Lipinski definition) is 3. The third-order valence-corrected chi connectivity index (χ3v) is 3.59. The van der Waals surface area contributed by atoms with Gasteiger partial charge in [-0.15, -0.1) is 0 Å². The SMILES string of the molecule is CCc1c(CCCC(=O)O)cccc1-c1cnc(Cl)nc1. The highest BCUT2D eigenvalue weighted by Gasteiger charge is 2.10. The predicted octanol–water partition coefficient (Wildman–Crippen LogP) is 3.77. The molecule has 1 N–H and O–H groups in total. The first kappa shape index (κ1) is 15.4. The fourth-order valence-electron chi connectivity index (χ4n) is 2.44. The van der Waals surface area contributed by atoms with Crippen molar-refractivity contribution < 1.29 is 9.90 Å². The Hall–Kier alpha value is -1.94. The Morgan fingerprint density at radius 1 is 1.29 bits per heavy atom. The highest BCUT2D eigenvalue weighted by molar-refractivity contribution is 6.28. The largest absolute Gasteiger partial charge is 0.481 e. The number of hydrogen-bond donors (Lipinski definition) is 1. The summed E-state index contributed by atoms with van der Waals surface area (Å²) in [6.07, 6.45) is 5.90. The average Bonchev–Trinajstić information content (AvgIpc) is 2.47. The van der Waals surface area contributed by atoms with Crippen molar-refractivity contribution in [2.24, 2.45) is 0 Å². The zero-order chi connectivity index (χ0) is 15.2. The van der Waals surface area contributed by atoms with Gasteiger partial charge in [0.25, 0.3) is 0 Å². The molecule has 0 amide bonds. The normalized spacial score (nSPS) is 10.6. The average molecular weight is 305 g/mol. The molecular formula is C16H17ClN2O2. The lowest BCUT2D eigenvalue weighted by Gasteiger charge is -2.13. The molecule has 1 heterocycles. The van der Waals surface area contributed by atoms with Crippen LogP contribution in [-0.4, -0.2) is 21.0 Å². The summed E-state index contributed by atoms with van der Waals surface area (Å²) in [7, 11) is 0. The monoisotopic (exact) mass is 304 g/mol. The van der Waals surface area contributed by atoms with Gasteiger partial charge in [-0.25, -0.2) is 9.97 Å². The van der Waals surface area contributed by atoms with E-state index in [0.717, 1.165) is 24.0 Å². The molecule has 0 saturated carbocycles. The maximum atomic E-state index is 10.6. The van der Waals surface area contributed by atoms with Gasteiger partial charge in [-0.05, 0) is 47.6 Å². The summed E-state index contributed by atoms with van der Waals surface area (Å²) in [6, 6.07) is 6.08. The second-order valence-electron chi connectivity index (χ2n) is 4.78. The fourth-order valence-corrected chi connectivity index (χ4v) is 2.54. The van der Waals surface area contributed by atoms with E-state index in [9.17, 15) is 4.79 Å². The van der Waals surface area contributed by atoms with Crippen LogP contribution in [0.15, 0.2) is 30.6 Å². The van der Waals surface area contributed by atoms with E-state index in [1.54, 1.807) is 12.4 Å². The van der Waals surface area contributed by atoms with Crippen LogP contribution in [0.5, 0.6) is 0 Å². The Morgan fingerprint density at radius 3 is 2.62 bits per heavy atom. The molecule has 0 unspecified atom stereocenters. The predicted molar refractivity (Wildman–Crippen MR) is 82.4 cm³/mol. The van der Waals surface area contributed by atoms with E-state index in [1.807, 2.05) is 12.1 Å². The van der Waals surface area contributed by atoms with Crippen LogP contribution in [0, 0.1) is 0 Å². The number of benzene rings is 1. The molecule has 0 atom stereocenters. The highest BCUT2D eigenvalue weighted by Crippen LogP contribution is 2.27. The first-order valence-corrected chi connectivity index (χ1v) is 7.30. The summed E-state index contributed by atoms with van der Waals surface area (Å²) >= 11 is 5.72. The summed E-state index contributed by atoms with van der Waals surface area (Å²) in [6.45, 7) is 2.09. The van der Waals surface area contributed by atoms with E-state index in [1.165, 1.54) is 11.1 Å². The Labute approximate surface area is 128 Å². The number of aliphatic carboxylic acids is 1. The molecule has 2 rings (SSSR count). The molecule has 0 aliphatic heterocycles. The van der Waals surface area contributed by atoms with Crippen LogP contribution >= 0.6 is 11.6 Å². The smallest absolute Gasteiger partial charge is 0.303 e. The molecule has 0 aliphatic rings. The molecule has 4 nitrogen and oxygen atoms in total. The van der Waals surface area contributed by atoms with E-state index in [4.69, 9.17) is 16.7 Å². The summed E-state index contributed by atoms with van der Waals surface area (Å²) < 4.78 is 0. The number of nitrogens with zero attached hydrogens (tertiary/aromatic N) is 2. The second-order valence-corrected chi connectivity index (χ2v) is 5.12. The molecule has 0 radical (unpaired) electrons. The summed E-state index contributed by atoms with van der Waals surface area (Å²) in [5.41, 5.74) is 4.42. The fraction of sp³-hybridized carbons (Fsp3) is 0.312. The van der Waals surface area contributed by atoms with Crippen LogP contribution in [0.4, 0.5) is 0 Å². The molecular weight excluding hydrogens is 288 g/mol. The minimum absolute atomic E-state index is 0.192. The number of carboxylic acids is 1. The minimum atomic E-state index is -0.754. The van der Waals surface area contributed by atoms with Gasteiger partial charge < -0.3 is 5.11 Å². The number of aromatic nitrogens is 2. The Kier molecular flexibility index (Phi) is 5.28. The van der Waals surface area contributed by atoms with Crippen LogP contribution in [0.1, 0.15) is 30.9 Å². The number of carbonyl (C=O) groups is 1. The van der Waals surface area contributed by atoms with E-state index in [0.29, 0.717) is 6.42 Å². The maximum Gasteiger partial charge on any atom is 0.303 e. The van der Waals surface area contributed by atoms with E-state index < -0.39 is 5.97 Å². The van der Waals surface area contributed by atoms with Crippen molar-refractivity contribution in [1.29, 1.82) is 0 Å². The van der Waals surface area contributed by atoms with Crippen LogP contribution in [0.2, 0.25) is 5.28 Å². The Balaban J connectivity index is 2.29. The van der Waals surface area contributed by atoms with Gasteiger partial charge in [0.15, 0.2) is 0 Å². The van der Waals surface area contributed by atoms with E-state index >= 15 is 0 Å². The lowest BCUT2D eigenvalue weighted by atomic mass is 9.92. The second kappa shape index (κ2) is 7.18. The molecule has 5 heteroatoms.